The van der Waals surface area contributed by atoms with E-state index >= 15 is 0 Å². The summed E-state index contributed by atoms with van der Waals surface area (Å²) in [6.07, 6.45) is 4.90. The average Bonchev–Trinajstić information content (AvgIpc) is 2.37. The predicted octanol–water partition coefficient (Wildman–Crippen LogP) is 3.55. The highest BCUT2D eigenvalue weighted by molar-refractivity contribution is 7.98. The zero-order chi connectivity index (χ0) is 12.1. The molecule has 1 N–H and O–H groups in total. The molecule has 1 heterocycles. The first-order valence-corrected chi connectivity index (χ1v) is 6.48. The van der Waals surface area contributed by atoms with Crippen molar-refractivity contribution < 1.29 is 4.39 Å². The van der Waals surface area contributed by atoms with Crippen LogP contribution in [-0.2, 0) is 6.54 Å². The van der Waals surface area contributed by atoms with Gasteiger partial charge in [-0.25, -0.2) is 4.39 Å². The first-order chi connectivity index (χ1) is 8.29. The van der Waals surface area contributed by atoms with Crippen molar-refractivity contribution in [2.75, 3.05) is 11.6 Å². The number of hydrogen-bond donors (Lipinski definition) is 1. The number of anilines is 1. The highest BCUT2D eigenvalue weighted by Crippen LogP contribution is 2.24. The summed E-state index contributed by atoms with van der Waals surface area (Å²) >= 11 is 1.68. The minimum Gasteiger partial charge on any atom is -0.380 e. The van der Waals surface area contributed by atoms with Gasteiger partial charge in [0, 0.05) is 23.3 Å². The zero-order valence-corrected chi connectivity index (χ0v) is 10.3. The minimum atomic E-state index is -0.303. The first kappa shape index (κ1) is 11.9. The minimum absolute atomic E-state index is 0.303. The van der Waals surface area contributed by atoms with Crippen molar-refractivity contribution >= 4 is 17.4 Å². The Labute approximate surface area is 104 Å². The lowest BCUT2D eigenvalue weighted by Gasteiger charge is -2.10. The fourth-order valence-electron chi connectivity index (χ4n) is 1.54. The van der Waals surface area contributed by atoms with Crippen molar-refractivity contribution in [3.63, 3.8) is 0 Å². The van der Waals surface area contributed by atoms with E-state index in [1.807, 2.05) is 24.5 Å². The van der Waals surface area contributed by atoms with Gasteiger partial charge in [-0.2, -0.15) is 0 Å². The van der Waals surface area contributed by atoms with E-state index in [1.165, 1.54) is 17.2 Å². The van der Waals surface area contributed by atoms with Gasteiger partial charge in [-0.05, 0) is 30.0 Å². The van der Waals surface area contributed by atoms with Gasteiger partial charge in [0.25, 0.3) is 0 Å². The summed E-state index contributed by atoms with van der Waals surface area (Å²) in [7, 11) is 0. The van der Waals surface area contributed by atoms with Crippen LogP contribution in [0.4, 0.5) is 10.1 Å². The summed E-state index contributed by atoms with van der Waals surface area (Å²) in [5.74, 6) is -0.303. The average molecular weight is 248 g/mol. The SMILES string of the molecule is CSc1ccccc1NCc1cncc(F)c1. The van der Waals surface area contributed by atoms with Crippen molar-refractivity contribution in [2.45, 2.75) is 11.4 Å². The lowest BCUT2D eigenvalue weighted by molar-refractivity contribution is 0.619. The van der Waals surface area contributed by atoms with Gasteiger partial charge in [0.05, 0.1) is 6.20 Å². The van der Waals surface area contributed by atoms with Crippen molar-refractivity contribution in [3.8, 4) is 0 Å². The third kappa shape index (κ3) is 3.20. The fourth-order valence-corrected chi connectivity index (χ4v) is 2.12. The second-order valence-corrected chi connectivity index (χ2v) is 4.41. The molecule has 1 aromatic carbocycles. The molecule has 0 spiro atoms. The van der Waals surface area contributed by atoms with E-state index in [2.05, 4.69) is 16.4 Å². The molecule has 0 saturated carbocycles. The normalized spacial score (nSPS) is 10.2. The largest absolute Gasteiger partial charge is 0.380 e. The molecule has 0 unspecified atom stereocenters. The van der Waals surface area contributed by atoms with E-state index in [9.17, 15) is 4.39 Å². The molecule has 1 aromatic heterocycles. The number of nitrogens with zero attached hydrogens (tertiary/aromatic N) is 1. The molecular weight excluding hydrogens is 235 g/mol. The highest BCUT2D eigenvalue weighted by atomic mass is 32.2. The van der Waals surface area contributed by atoms with Crippen LogP contribution in [0.1, 0.15) is 5.56 Å². The predicted molar refractivity (Wildman–Crippen MR) is 69.7 cm³/mol. The van der Waals surface area contributed by atoms with Crippen LogP contribution in [0, 0.1) is 5.82 Å². The summed E-state index contributed by atoms with van der Waals surface area (Å²) in [5, 5.41) is 3.28. The number of hydrogen-bond acceptors (Lipinski definition) is 3. The molecule has 2 nitrogen and oxygen atoms in total. The lowest BCUT2D eigenvalue weighted by atomic mass is 10.2. The maximum atomic E-state index is 12.9. The summed E-state index contributed by atoms with van der Waals surface area (Å²) in [4.78, 5) is 5.00. The number of rotatable bonds is 4. The van der Waals surface area contributed by atoms with E-state index in [1.54, 1.807) is 18.0 Å². The molecule has 0 fully saturated rings. The Balaban J connectivity index is 2.07. The molecular formula is C13H13FN2S. The van der Waals surface area contributed by atoms with Crippen LogP contribution in [0.5, 0.6) is 0 Å². The van der Waals surface area contributed by atoms with Gasteiger partial charge < -0.3 is 5.32 Å². The number of para-hydroxylation sites is 1. The molecule has 2 rings (SSSR count). The van der Waals surface area contributed by atoms with Crippen molar-refractivity contribution in [1.82, 2.24) is 4.98 Å². The van der Waals surface area contributed by atoms with E-state index in [-0.39, 0.29) is 5.82 Å². The van der Waals surface area contributed by atoms with Crippen molar-refractivity contribution in [3.05, 3.63) is 54.1 Å². The van der Waals surface area contributed by atoms with Gasteiger partial charge in [-0.3, -0.25) is 4.98 Å². The third-order valence-corrected chi connectivity index (χ3v) is 3.15. The van der Waals surface area contributed by atoms with E-state index in [4.69, 9.17) is 0 Å². The molecule has 0 atom stereocenters. The number of thioether (sulfide) groups is 1. The Morgan fingerprint density at radius 1 is 1.29 bits per heavy atom. The lowest BCUT2D eigenvalue weighted by Crippen LogP contribution is -2.01. The quantitative estimate of drug-likeness (QED) is 0.837. The Morgan fingerprint density at radius 2 is 2.12 bits per heavy atom. The number of aromatic nitrogens is 1. The summed E-state index contributed by atoms with van der Waals surface area (Å²) in [6, 6.07) is 9.53. The summed E-state index contributed by atoms with van der Waals surface area (Å²) in [5.41, 5.74) is 1.89. The Hall–Kier alpha value is -1.55. The second kappa shape index (κ2) is 5.68. The number of benzene rings is 1. The van der Waals surface area contributed by atoms with Gasteiger partial charge in [0.1, 0.15) is 5.82 Å². The molecule has 0 aliphatic carbocycles. The van der Waals surface area contributed by atoms with Crippen LogP contribution in [0.3, 0.4) is 0 Å². The molecule has 2 aromatic rings. The van der Waals surface area contributed by atoms with Crippen LogP contribution in [-0.4, -0.2) is 11.2 Å². The zero-order valence-electron chi connectivity index (χ0n) is 9.48. The Bertz CT molecular complexity index is 502. The number of halogens is 1. The fraction of sp³-hybridized carbons (Fsp3) is 0.154. The molecule has 88 valence electrons. The van der Waals surface area contributed by atoms with Crippen molar-refractivity contribution in [2.24, 2.45) is 0 Å². The van der Waals surface area contributed by atoms with Gasteiger partial charge in [0.15, 0.2) is 0 Å². The smallest absolute Gasteiger partial charge is 0.141 e. The summed E-state index contributed by atoms with van der Waals surface area (Å²) in [6.45, 7) is 0.572. The molecule has 0 saturated heterocycles. The standard InChI is InChI=1S/C13H13FN2S/c1-17-13-5-3-2-4-12(13)16-8-10-6-11(14)9-15-7-10/h2-7,9,16H,8H2,1H3. The Morgan fingerprint density at radius 3 is 2.88 bits per heavy atom. The Kier molecular flexibility index (Phi) is 3.98. The molecule has 0 aliphatic heterocycles. The maximum Gasteiger partial charge on any atom is 0.141 e. The molecule has 4 heteroatoms. The van der Waals surface area contributed by atoms with E-state index in [0.29, 0.717) is 6.54 Å². The van der Waals surface area contributed by atoms with Gasteiger partial charge >= 0.3 is 0 Å². The van der Waals surface area contributed by atoms with E-state index in [0.717, 1.165) is 11.3 Å². The molecule has 0 bridgehead atoms. The molecule has 0 radical (unpaired) electrons. The van der Waals surface area contributed by atoms with Crippen LogP contribution < -0.4 is 5.32 Å². The van der Waals surface area contributed by atoms with Crippen LogP contribution in [0.2, 0.25) is 0 Å². The van der Waals surface area contributed by atoms with Gasteiger partial charge in [0.2, 0.25) is 0 Å². The van der Waals surface area contributed by atoms with E-state index < -0.39 is 0 Å². The number of pyridine rings is 1. The molecule has 17 heavy (non-hydrogen) atoms. The van der Waals surface area contributed by atoms with Gasteiger partial charge in [-0.15, -0.1) is 11.8 Å². The van der Waals surface area contributed by atoms with Gasteiger partial charge in [-0.1, -0.05) is 12.1 Å². The molecule has 0 amide bonds. The van der Waals surface area contributed by atoms with Crippen LogP contribution in [0.25, 0.3) is 0 Å². The van der Waals surface area contributed by atoms with Crippen LogP contribution >= 0.6 is 11.8 Å². The van der Waals surface area contributed by atoms with Crippen molar-refractivity contribution in [1.29, 1.82) is 0 Å². The monoisotopic (exact) mass is 248 g/mol. The maximum absolute atomic E-state index is 12.9. The number of nitrogens with one attached hydrogen (secondary N) is 1. The summed E-state index contributed by atoms with van der Waals surface area (Å²) < 4.78 is 12.9. The highest BCUT2D eigenvalue weighted by Gasteiger charge is 2.00. The van der Waals surface area contributed by atoms with Crippen LogP contribution in [0.15, 0.2) is 47.6 Å². The topological polar surface area (TPSA) is 24.9 Å². The first-order valence-electron chi connectivity index (χ1n) is 5.26. The molecule has 0 aliphatic rings. The second-order valence-electron chi connectivity index (χ2n) is 3.57. The third-order valence-electron chi connectivity index (χ3n) is 2.35.